The second kappa shape index (κ2) is 2.91. The summed E-state index contributed by atoms with van der Waals surface area (Å²) >= 11 is 1.53. The van der Waals surface area contributed by atoms with Gasteiger partial charge in [0.25, 0.3) is 0 Å². The van der Waals surface area contributed by atoms with Crippen molar-refractivity contribution in [2.24, 2.45) is 0 Å². The topological polar surface area (TPSA) is 62.4 Å². The van der Waals surface area contributed by atoms with Crippen LogP contribution >= 0.6 is 11.3 Å². The molecule has 1 aromatic heterocycles. The van der Waals surface area contributed by atoms with Gasteiger partial charge in [-0.3, -0.25) is 0 Å². The highest BCUT2D eigenvalue weighted by molar-refractivity contribution is 7.14. The highest BCUT2D eigenvalue weighted by Gasteiger charge is 2.22. The van der Waals surface area contributed by atoms with Gasteiger partial charge in [0.2, 0.25) is 0 Å². The number of nitrogens with zero attached hydrogens (tertiary/aromatic N) is 2. The molecule has 1 aliphatic heterocycles. The van der Waals surface area contributed by atoms with Gasteiger partial charge in [-0.25, -0.2) is 4.98 Å². The third-order valence-corrected chi connectivity index (χ3v) is 2.86. The van der Waals surface area contributed by atoms with E-state index in [9.17, 15) is 5.11 Å². The van der Waals surface area contributed by atoms with Crippen molar-refractivity contribution in [3.8, 4) is 0 Å². The summed E-state index contributed by atoms with van der Waals surface area (Å²) in [7, 11) is 0. The Bertz CT molecular complexity index is 275. The van der Waals surface area contributed by atoms with Crippen LogP contribution < -0.4 is 10.6 Å². The fourth-order valence-electron chi connectivity index (χ4n) is 1.34. The number of aliphatic hydroxyl groups is 1. The average molecular weight is 185 g/mol. The SMILES string of the molecule is Nc1csc(N2CC[C@@H](O)C2)n1. The quantitative estimate of drug-likeness (QED) is 0.660. The number of nitrogens with two attached hydrogens (primary N) is 1. The molecule has 0 bridgehead atoms. The number of aliphatic hydroxyl groups excluding tert-OH is 1. The van der Waals surface area contributed by atoms with E-state index in [1.807, 2.05) is 5.38 Å². The number of hydrogen-bond acceptors (Lipinski definition) is 5. The molecule has 0 spiro atoms. The average Bonchev–Trinajstić information content (AvgIpc) is 2.58. The molecule has 0 radical (unpaired) electrons. The summed E-state index contributed by atoms with van der Waals surface area (Å²) in [5, 5.41) is 12.0. The molecular formula is C7H11N3OS. The molecule has 0 aromatic carbocycles. The Morgan fingerprint density at radius 1 is 1.75 bits per heavy atom. The summed E-state index contributed by atoms with van der Waals surface area (Å²) in [6.07, 6.45) is 0.634. The number of rotatable bonds is 1. The first kappa shape index (κ1) is 7.82. The Hall–Kier alpha value is -0.810. The third kappa shape index (κ3) is 1.37. The van der Waals surface area contributed by atoms with Crippen molar-refractivity contribution in [3.05, 3.63) is 5.38 Å². The van der Waals surface area contributed by atoms with Crippen LogP contribution in [0.3, 0.4) is 0 Å². The highest BCUT2D eigenvalue weighted by atomic mass is 32.1. The second-order valence-corrected chi connectivity index (χ2v) is 3.78. The zero-order valence-corrected chi connectivity index (χ0v) is 7.42. The van der Waals surface area contributed by atoms with Crippen LogP contribution in [0.1, 0.15) is 6.42 Å². The van der Waals surface area contributed by atoms with Crippen molar-refractivity contribution in [3.63, 3.8) is 0 Å². The summed E-state index contributed by atoms with van der Waals surface area (Å²) in [6.45, 7) is 1.57. The number of anilines is 2. The first-order chi connectivity index (χ1) is 5.75. The Labute approximate surface area is 74.6 Å². The molecule has 3 N–H and O–H groups in total. The number of nitrogen functional groups attached to an aromatic ring is 1. The molecule has 1 fully saturated rings. The maximum atomic E-state index is 9.27. The van der Waals surface area contributed by atoms with E-state index in [1.54, 1.807) is 0 Å². The van der Waals surface area contributed by atoms with Gasteiger partial charge in [0.05, 0.1) is 6.10 Å². The third-order valence-electron chi connectivity index (χ3n) is 1.94. The second-order valence-electron chi connectivity index (χ2n) is 2.94. The molecule has 2 rings (SSSR count). The monoisotopic (exact) mass is 185 g/mol. The standard InChI is InChI=1S/C7H11N3OS/c8-6-4-12-7(9-6)10-2-1-5(11)3-10/h4-5,11H,1-3,8H2/t5-/m1/s1. The van der Waals surface area contributed by atoms with E-state index in [4.69, 9.17) is 5.73 Å². The van der Waals surface area contributed by atoms with E-state index in [1.165, 1.54) is 11.3 Å². The smallest absolute Gasteiger partial charge is 0.187 e. The molecule has 0 unspecified atom stereocenters. The minimum Gasteiger partial charge on any atom is -0.391 e. The van der Waals surface area contributed by atoms with Gasteiger partial charge in [0.1, 0.15) is 5.82 Å². The Balaban J connectivity index is 2.11. The molecule has 2 heterocycles. The van der Waals surface area contributed by atoms with E-state index in [0.29, 0.717) is 12.4 Å². The summed E-state index contributed by atoms with van der Waals surface area (Å²) in [5.74, 6) is 0.566. The molecule has 5 heteroatoms. The van der Waals surface area contributed by atoms with Crippen molar-refractivity contribution in [2.75, 3.05) is 23.7 Å². The van der Waals surface area contributed by atoms with Crippen molar-refractivity contribution in [1.82, 2.24) is 4.98 Å². The molecular weight excluding hydrogens is 174 g/mol. The fraction of sp³-hybridized carbons (Fsp3) is 0.571. The maximum Gasteiger partial charge on any atom is 0.187 e. The zero-order valence-electron chi connectivity index (χ0n) is 6.60. The van der Waals surface area contributed by atoms with Crippen LogP contribution in [0.25, 0.3) is 0 Å². The van der Waals surface area contributed by atoms with Crippen molar-refractivity contribution in [2.45, 2.75) is 12.5 Å². The lowest BCUT2D eigenvalue weighted by Crippen LogP contribution is -2.20. The van der Waals surface area contributed by atoms with Gasteiger partial charge >= 0.3 is 0 Å². The molecule has 0 aliphatic carbocycles. The summed E-state index contributed by atoms with van der Waals surface area (Å²) < 4.78 is 0. The van der Waals surface area contributed by atoms with Crippen molar-refractivity contribution < 1.29 is 5.11 Å². The van der Waals surface area contributed by atoms with Crippen LogP contribution in [0.15, 0.2) is 5.38 Å². The molecule has 1 saturated heterocycles. The number of β-amino-alcohol motifs (C(OH)–C–C–N with tert-alkyl or cyclic N) is 1. The maximum absolute atomic E-state index is 9.27. The van der Waals surface area contributed by atoms with Crippen LogP contribution in [0.5, 0.6) is 0 Å². The predicted octanol–water partition coefficient (Wildman–Crippen LogP) is 0.296. The van der Waals surface area contributed by atoms with Gasteiger partial charge < -0.3 is 15.7 Å². The van der Waals surface area contributed by atoms with Crippen LogP contribution in [0.4, 0.5) is 10.9 Å². The summed E-state index contributed by atoms with van der Waals surface area (Å²) in [5.41, 5.74) is 5.49. The van der Waals surface area contributed by atoms with Gasteiger partial charge in [-0.05, 0) is 6.42 Å². The predicted molar refractivity (Wildman–Crippen MR) is 49.4 cm³/mol. The van der Waals surface area contributed by atoms with Gasteiger partial charge in [-0.15, -0.1) is 11.3 Å². The molecule has 66 valence electrons. The largest absolute Gasteiger partial charge is 0.391 e. The summed E-state index contributed by atoms with van der Waals surface area (Å²) in [6, 6.07) is 0. The zero-order chi connectivity index (χ0) is 8.55. The van der Waals surface area contributed by atoms with Gasteiger partial charge in [0, 0.05) is 18.5 Å². The summed E-state index contributed by atoms with van der Waals surface area (Å²) in [4.78, 5) is 6.20. The minimum atomic E-state index is -0.199. The molecule has 0 amide bonds. The molecule has 12 heavy (non-hydrogen) atoms. The lowest BCUT2D eigenvalue weighted by molar-refractivity contribution is 0.198. The molecule has 1 aromatic rings. The molecule has 1 aliphatic rings. The highest BCUT2D eigenvalue weighted by Crippen LogP contribution is 2.25. The van der Waals surface area contributed by atoms with Gasteiger partial charge in [-0.1, -0.05) is 0 Å². The number of hydrogen-bond donors (Lipinski definition) is 2. The van der Waals surface area contributed by atoms with Crippen molar-refractivity contribution >= 4 is 22.3 Å². The molecule has 4 nitrogen and oxygen atoms in total. The van der Waals surface area contributed by atoms with E-state index in [2.05, 4.69) is 9.88 Å². The first-order valence-corrected chi connectivity index (χ1v) is 4.77. The van der Waals surface area contributed by atoms with Crippen LogP contribution in [-0.2, 0) is 0 Å². The van der Waals surface area contributed by atoms with E-state index in [-0.39, 0.29) is 6.10 Å². The van der Waals surface area contributed by atoms with E-state index >= 15 is 0 Å². The van der Waals surface area contributed by atoms with Crippen LogP contribution in [0.2, 0.25) is 0 Å². The first-order valence-electron chi connectivity index (χ1n) is 3.90. The van der Waals surface area contributed by atoms with Crippen molar-refractivity contribution in [1.29, 1.82) is 0 Å². The minimum absolute atomic E-state index is 0.199. The molecule has 1 atom stereocenters. The normalized spacial score (nSPS) is 23.4. The number of thiazole rings is 1. The van der Waals surface area contributed by atoms with E-state index in [0.717, 1.165) is 18.1 Å². The Morgan fingerprint density at radius 2 is 2.58 bits per heavy atom. The number of aromatic nitrogens is 1. The Kier molecular flexibility index (Phi) is 1.90. The lowest BCUT2D eigenvalue weighted by atomic mass is 10.3. The molecule has 0 saturated carbocycles. The van der Waals surface area contributed by atoms with Crippen LogP contribution in [-0.4, -0.2) is 29.3 Å². The Morgan fingerprint density at radius 3 is 3.08 bits per heavy atom. The fourth-order valence-corrected chi connectivity index (χ4v) is 2.09. The van der Waals surface area contributed by atoms with Gasteiger partial charge in [-0.2, -0.15) is 0 Å². The van der Waals surface area contributed by atoms with Crippen LogP contribution in [0, 0.1) is 0 Å². The van der Waals surface area contributed by atoms with Gasteiger partial charge in [0.15, 0.2) is 5.13 Å². The van der Waals surface area contributed by atoms with E-state index < -0.39 is 0 Å². The lowest BCUT2D eigenvalue weighted by Gasteiger charge is -2.12.